The fraction of sp³-hybridized carbons (Fsp3) is 0.833. The lowest BCUT2D eigenvalue weighted by atomic mass is 9.95. The Hall–Kier alpha value is -1.06. The average molecular weight is 229 g/mol. The van der Waals surface area contributed by atoms with Crippen molar-refractivity contribution < 1.29 is 14.3 Å². The molecule has 0 bridgehead atoms. The summed E-state index contributed by atoms with van der Waals surface area (Å²) in [4.78, 5) is 25.0. The summed E-state index contributed by atoms with van der Waals surface area (Å²) in [5.74, 6) is -1.28. The van der Waals surface area contributed by atoms with E-state index in [0.29, 0.717) is 13.0 Å². The van der Waals surface area contributed by atoms with Gasteiger partial charge in [-0.1, -0.05) is 27.7 Å². The number of methoxy groups -OCH3 is 1. The number of carbonyl (C=O) groups excluding carboxylic acids is 2. The molecule has 4 nitrogen and oxygen atoms in total. The zero-order valence-electron chi connectivity index (χ0n) is 11.2. The van der Waals surface area contributed by atoms with Gasteiger partial charge in [-0.15, -0.1) is 0 Å². The van der Waals surface area contributed by atoms with Crippen LogP contribution in [-0.2, 0) is 14.3 Å². The van der Waals surface area contributed by atoms with E-state index in [1.165, 1.54) is 7.11 Å². The smallest absolute Gasteiger partial charge is 0.318 e. The van der Waals surface area contributed by atoms with Gasteiger partial charge in [0.1, 0.15) is 5.92 Å². The third-order valence-corrected chi connectivity index (χ3v) is 2.28. The Balaban J connectivity index is 4.57. The lowest BCUT2D eigenvalue weighted by Crippen LogP contribution is -2.41. The van der Waals surface area contributed by atoms with Gasteiger partial charge in [0, 0.05) is 13.6 Å². The summed E-state index contributed by atoms with van der Waals surface area (Å²) in [6.45, 7) is 8.59. The number of esters is 1. The van der Waals surface area contributed by atoms with E-state index in [1.807, 2.05) is 6.92 Å². The van der Waals surface area contributed by atoms with Crippen molar-refractivity contribution in [3.63, 3.8) is 0 Å². The van der Waals surface area contributed by atoms with Gasteiger partial charge in [-0.05, 0) is 11.8 Å². The van der Waals surface area contributed by atoms with Crippen molar-refractivity contribution in [3.8, 4) is 0 Å². The molecule has 0 aromatic rings. The molecular weight excluding hydrogens is 206 g/mol. The van der Waals surface area contributed by atoms with Crippen LogP contribution < -0.4 is 0 Å². The third-order valence-electron chi connectivity index (χ3n) is 2.28. The molecule has 0 aromatic heterocycles. The monoisotopic (exact) mass is 229 g/mol. The van der Waals surface area contributed by atoms with Crippen molar-refractivity contribution in [2.45, 2.75) is 34.1 Å². The van der Waals surface area contributed by atoms with Gasteiger partial charge in [0.2, 0.25) is 5.91 Å². The highest BCUT2D eigenvalue weighted by atomic mass is 16.5. The molecule has 0 rings (SSSR count). The zero-order chi connectivity index (χ0) is 12.9. The quantitative estimate of drug-likeness (QED) is 0.544. The Morgan fingerprint density at radius 1 is 1.31 bits per heavy atom. The fourth-order valence-electron chi connectivity index (χ4n) is 1.64. The van der Waals surface area contributed by atoms with E-state index in [-0.39, 0.29) is 11.3 Å². The number of ether oxygens (including phenoxy) is 1. The van der Waals surface area contributed by atoms with Crippen LogP contribution in [0.5, 0.6) is 0 Å². The summed E-state index contributed by atoms with van der Waals surface area (Å²) in [5, 5.41) is 0. The number of hydrogen-bond donors (Lipinski definition) is 0. The first-order valence-corrected chi connectivity index (χ1v) is 5.55. The predicted molar refractivity (Wildman–Crippen MR) is 62.9 cm³/mol. The molecule has 0 aliphatic carbocycles. The van der Waals surface area contributed by atoms with Crippen LogP contribution in [0.1, 0.15) is 34.1 Å². The topological polar surface area (TPSA) is 46.6 Å². The number of rotatable bonds is 4. The summed E-state index contributed by atoms with van der Waals surface area (Å²) in [7, 11) is 3.03. The molecule has 0 saturated carbocycles. The summed E-state index contributed by atoms with van der Waals surface area (Å²) in [6, 6.07) is 0. The maximum Gasteiger partial charge on any atom is 0.318 e. The van der Waals surface area contributed by atoms with Crippen LogP contribution in [0, 0.1) is 11.3 Å². The molecule has 4 heteroatoms. The van der Waals surface area contributed by atoms with Gasteiger partial charge in [0.25, 0.3) is 0 Å². The van der Waals surface area contributed by atoms with E-state index in [0.717, 1.165) is 0 Å². The Morgan fingerprint density at radius 2 is 1.81 bits per heavy atom. The molecule has 0 N–H and O–H groups in total. The van der Waals surface area contributed by atoms with Crippen LogP contribution in [0.25, 0.3) is 0 Å². The molecule has 0 radical (unpaired) electrons. The summed E-state index contributed by atoms with van der Waals surface area (Å²) in [5.41, 5.74) is 0.0266. The van der Waals surface area contributed by atoms with Crippen molar-refractivity contribution >= 4 is 11.9 Å². The zero-order valence-corrected chi connectivity index (χ0v) is 11.2. The van der Waals surface area contributed by atoms with Crippen LogP contribution in [0.15, 0.2) is 0 Å². The summed E-state index contributed by atoms with van der Waals surface area (Å²) < 4.78 is 4.62. The molecule has 0 aliphatic heterocycles. The average Bonchev–Trinajstić information content (AvgIpc) is 2.15. The Labute approximate surface area is 98.0 Å². The minimum absolute atomic E-state index is 0.0266. The first kappa shape index (κ1) is 14.9. The molecule has 1 atom stereocenters. The standard InChI is InChI=1S/C12H23NO3/c1-7-9(11(15)16-6)10(14)13(5)8-12(2,3)4/h9H,7-8H2,1-6H3. The minimum Gasteiger partial charge on any atom is -0.468 e. The molecule has 0 saturated heterocycles. The molecule has 1 amide bonds. The predicted octanol–water partition coefficient (Wildman–Crippen LogP) is 1.69. The highest BCUT2D eigenvalue weighted by molar-refractivity contribution is 5.97. The normalized spacial score (nSPS) is 13.1. The highest BCUT2D eigenvalue weighted by Gasteiger charge is 2.29. The van der Waals surface area contributed by atoms with E-state index in [1.54, 1.807) is 11.9 Å². The van der Waals surface area contributed by atoms with Crippen LogP contribution in [0.2, 0.25) is 0 Å². The van der Waals surface area contributed by atoms with E-state index in [4.69, 9.17) is 0 Å². The molecular formula is C12H23NO3. The van der Waals surface area contributed by atoms with Crippen LogP contribution in [0.3, 0.4) is 0 Å². The minimum atomic E-state index is -0.669. The SMILES string of the molecule is CCC(C(=O)OC)C(=O)N(C)CC(C)(C)C. The lowest BCUT2D eigenvalue weighted by molar-refractivity contribution is -0.153. The summed E-state index contributed by atoms with van der Waals surface area (Å²) >= 11 is 0. The maximum absolute atomic E-state index is 12.0. The van der Waals surface area contributed by atoms with E-state index in [9.17, 15) is 9.59 Å². The highest BCUT2D eigenvalue weighted by Crippen LogP contribution is 2.17. The van der Waals surface area contributed by atoms with Crippen LogP contribution >= 0.6 is 0 Å². The Morgan fingerprint density at radius 3 is 2.12 bits per heavy atom. The van der Waals surface area contributed by atoms with Gasteiger partial charge in [-0.2, -0.15) is 0 Å². The van der Waals surface area contributed by atoms with Gasteiger partial charge in [-0.25, -0.2) is 0 Å². The van der Waals surface area contributed by atoms with Crippen molar-refractivity contribution in [1.82, 2.24) is 4.90 Å². The molecule has 0 fully saturated rings. The van der Waals surface area contributed by atoms with Crippen molar-refractivity contribution in [2.75, 3.05) is 20.7 Å². The van der Waals surface area contributed by atoms with Gasteiger partial charge in [0.15, 0.2) is 0 Å². The van der Waals surface area contributed by atoms with Gasteiger partial charge >= 0.3 is 5.97 Å². The van der Waals surface area contributed by atoms with Crippen molar-refractivity contribution in [3.05, 3.63) is 0 Å². The van der Waals surface area contributed by atoms with E-state index < -0.39 is 11.9 Å². The second-order valence-corrected chi connectivity index (χ2v) is 5.24. The molecule has 16 heavy (non-hydrogen) atoms. The van der Waals surface area contributed by atoms with Crippen LogP contribution in [0.4, 0.5) is 0 Å². The summed E-state index contributed by atoms with van der Waals surface area (Å²) in [6.07, 6.45) is 0.472. The van der Waals surface area contributed by atoms with Gasteiger partial charge < -0.3 is 9.64 Å². The Kier molecular flexibility index (Phi) is 5.48. The largest absolute Gasteiger partial charge is 0.468 e. The lowest BCUT2D eigenvalue weighted by Gasteiger charge is -2.28. The third kappa shape index (κ3) is 4.64. The van der Waals surface area contributed by atoms with Crippen molar-refractivity contribution in [2.24, 2.45) is 11.3 Å². The molecule has 0 aliphatic rings. The first-order valence-electron chi connectivity index (χ1n) is 5.55. The van der Waals surface area contributed by atoms with Gasteiger partial charge in [0.05, 0.1) is 7.11 Å². The van der Waals surface area contributed by atoms with E-state index in [2.05, 4.69) is 25.5 Å². The van der Waals surface area contributed by atoms with Gasteiger partial charge in [-0.3, -0.25) is 9.59 Å². The fourth-order valence-corrected chi connectivity index (χ4v) is 1.64. The second kappa shape index (κ2) is 5.87. The number of amides is 1. The maximum atomic E-state index is 12.0. The number of nitrogens with zero attached hydrogens (tertiary/aromatic N) is 1. The molecule has 94 valence electrons. The van der Waals surface area contributed by atoms with Crippen LogP contribution in [-0.4, -0.2) is 37.5 Å². The van der Waals surface area contributed by atoms with E-state index >= 15 is 0 Å². The molecule has 0 heterocycles. The first-order chi connectivity index (χ1) is 7.22. The Bertz CT molecular complexity index is 255. The molecule has 0 spiro atoms. The number of carbonyl (C=O) groups is 2. The molecule has 0 aromatic carbocycles. The second-order valence-electron chi connectivity index (χ2n) is 5.24. The molecule has 1 unspecified atom stereocenters. The number of hydrogen-bond acceptors (Lipinski definition) is 3. The van der Waals surface area contributed by atoms with Crippen molar-refractivity contribution in [1.29, 1.82) is 0 Å².